The summed E-state index contributed by atoms with van der Waals surface area (Å²) in [4.78, 5) is 29.5. The molecule has 8 heteroatoms. The Morgan fingerprint density at radius 3 is 1.77 bits per heavy atom. The second-order valence-corrected chi connectivity index (χ2v) is 6.56. The van der Waals surface area contributed by atoms with Gasteiger partial charge in [-0.15, -0.1) is 0 Å². The Hall–Kier alpha value is -2.03. The Labute approximate surface area is 156 Å². The number of rotatable bonds is 10. The van der Waals surface area contributed by atoms with E-state index in [4.69, 9.17) is 19.8 Å². The van der Waals surface area contributed by atoms with Crippen LogP contribution in [-0.2, 0) is 16.1 Å². The Kier molecular flexibility index (Phi) is 13.1. The molecule has 26 heavy (non-hydrogen) atoms. The van der Waals surface area contributed by atoms with Crippen LogP contribution in [0.2, 0.25) is 0 Å². The van der Waals surface area contributed by atoms with Gasteiger partial charge in [0.05, 0.1) is 0 Å². The number of carboxylic acid groups (broad SMARTS) is 2. The molecule has 0 bridgehead atoms. The fraction of sp³-hybridized carbons (Fsp3) is 0.611. The van der Waals surface area contributed by atoms with Crippen molar-refractivity contribution in [3.8, 4) is 0 Å². The van der Waals surface area contributed by atoms with Crippen molar-refractivity contribution in [1.29, 1.82) is 0 Å². The Morgan fingerprint density at radius 1 is 0.923 bits per heavy atom. The van der Waals surface area contributed by atoms with Crippen LogP contribution in [-0.4, -0.2) is 96.2 Å². The van der Waals surface area contributed by atoms with Crippen molar-refractivity contribution in [3.05, 3.63) is 30.1 Å². The summed E-state index contributed by atoms with van der Waals surface area (Å²) < 4.78 is 0. The summed E-state index contributed by atoms with van der Waals surface area (Å²) in [5.74, 6) is -3.65. The van der Waals surface area contributed by atoms with E-state index >= 15 is 0 Å². The maximum atomic E-state index is 9.10. The van der Waals surface area contributed by atoms with Gasteiger partial charge in [0.1, 0.15) is 0 Å². The standard InChI is InChI=1S/C16H30N4.C2H2O4/c1-18(2)10-6-12-20(13-7-11-19(3)4)15-16-8-5-9-17-14-16;3-1(4)2(5)6/h5,8-9,14H,6-7,10-13,15H2,1-4H3;(H,3,4)(H,5,6). The van der Waals surface area contributed by atoms with Gasteiger partial charge in [-0.05, 0) is 78.8 Å². The van der Waals surface area contributed by atoms with Crippen LogP contribution < -0.4 is 0 Å². The molecule has 0 aliphatic rings. The molecule has 0 atom stereocenters. The van der Waals surface area contributed by atoms with Crippen molar-refractivity contribution >= 4 is 11.9 Å². The van der Waals surface area contributed by atoms with Gasteiger partial charge in [0.15, 0.2) is 0 Å². The van der Waals surface area contributed by atoms with E-state index in [2.05, 4.69) is 53.9 Å². The van der Waals surface area contributed by atoms with E-state index in [1.54, 1.807) is 0 Å². The van der Waals surface area contributed by atoms with Crippen molar-refractivity contribution in [2.45, 2.75) is 19.4 Å². The molecule has 0 fully saturated rings. The lowest BCUT2D eigenvalue weighted by Crippen LogP contribution is -2.30. The van der Waals surface area contributed by atoms with E-state index < -0.39 is 11.9 Å². The quantitative estimate of drug-likeness (QED) is 0.589. The number of pyridine rings is 1. The van der Waals surface area contributed by atoms with Crippen LogP contribution in [0.15, 0.2) is 24.5 Å². The minimum Gasteiger partial charge on any atom is -0.473 e. The average Bonchev–Trinajstić information content (AvgIpc) is 2.55. The van der Waals surface area contributed by atoms with Crippen LogP contribution in [0.25, 0.3) is 0 Å². The van der Waals surface area contributed by atoms with Crippen LogP contribution in [0.5, 0.6) is 0 Å². The first-order valence-corrected chi connectivity index (χ1v) is 8.59. The number of hydrogen-bond acceptors (Lipinski definition) is 6. The highest BCUT2D eigenvalue weighted by Gasteiger charge is 2.07. The molecule has 1 rings (SSSR count). The number of nitrogens with zero attached hydrogens (tertiary/aromatic N) is 4. The summed E-state index contributed by atoms with van der Waals surface area (Å²) in [6.45, 7) is 5.62. The number of aliphatic carboxylic acids is 2. The highest BCUT2D eigenvalue weighted by molar-refractivity contribution is 6.27. The predicted molar refractivity (Wildman–Crippen MR) is 101 cm³/mol. The highest BCUT2D eigenvalue weighted by atomic mass is 16.4. The Bertz CT molecular complexity index is 483. The lowest BCUT2D eigenvalue weighted by molar-refractivity contribution is -0.159. The first kappa shape index (κ1) is 24.0. The van der Waals surface area contributed by atoms with Crippen LogP contribution in [0.4, 0.5) is 0 Å². The smallest absolute Gasteiger partial charge is 0.414 e. The molecule has 0 amide bonds. The second-order valence-electron chi connectivity index (χ2n) is 6.56. The first-order chi connectivity index (χ1) is 12.2. The first-order valence-electron chi connectivity index (χ1n) is 8.59. The summed E-state index contributed by atoms with van der Waals surface area (Å²) in [6, 6.07) is 4.19. The predicted octanol–water partition coefficient (Wildman–Crippen LogP) is 0.943. The van der Waals surface area contributed by atoms with Gasteiger partial charge in [0.2, 0.25) is 0 Å². The van der Waals surface area contributed by atoms with Gasteiger partial charge in [-0.2, -0.15) is 0 Å². The van der Waals surface area contributed by atoms with E-state index in [0.717, 1.165) is 32.7 Å². The van der Waals surface area contributed by atoms with Gasteiger partial charge in [-0.1, -0.05) is 6.07 Å². The molecule has 1 heterocycles. The van der Waals surface area contributed by atoms with Gasteiger partial charge < -0.3 is 20.0 Å². The molecule has 1 aromatic rings. The molecule has 0 unspecified atom stereocenters. The lowest BCUT2D eigenvalue weighted by atomic mass is 10.2. The van der Waals surface area contributed by atoms with Gasteiger partial charge >= 0.3 is 11.9 Å². The van der Waals surface area contributed by atoms with Crippen molar-refractivity contribution in [2.24, 2.45) is 0 Å². The maximum Gasteiger partial charge on any atom is 0.414 e. The van der Waals surface area contributed by atoms with E-state index in [0.29, 0.717) is 0 Å². The van der Waals surface area contributed by atoms with Gasteiger partial charge in [0.25, 0.3) is 0 Å². The molecule has 0 aromatic carbocycles. The summed E-state index contributed by atoms with van der Waals surface area (Å²) in [7, 11) is 8.55. The van der Waals surface area contributed by atoms with Gasteiger partial charge in [0, 0.05) is 18.9 Å². The number of hydrogen-bond donors (Lipinski definition) is 2. The Morgan fingerprint density at radius 2 is 1.42 bits per heavy atom. The summed E-state index contributed by atoms with van der Waals surface area (Å²) in [5, 5.41) is 14.8. The van der Waals surface area contributed by atoms with Gasteiger partial charge in [-0.3, -0.25) is 9.88 Å². The lowest BCUT2D eigenvalue weighted by Gasteiger charge is -2.24. The Balaban J connectivity index is 0.000000896. The molecule has 0 saturated carbocycles. The maximum absolute atomic E-state index is 9.10. The summed E-state index contributed by atoms with van der Waals surface area (Å²) in [6.07, 6.45) is 6.25. The summed E-state index contributed by atoms with van der Waals surface area (Å²) in [5.41, 5.74) is 1.31. The minimum absolute atomic E-state index is 1.01. The highest BCUT2D eigenvalue weighted by Crippen LogP contribution is 2.05. The number of carbonyl (C=O) groups is 2. The minimum atomic E-state index is -1.82. The third-order valence-electron chi connectivity index (χ3n) is 3.47. The third-order valence-corrected chi connectivity index (χ3v) is 3.47. The van der Waals surface area contributed by atoms with Crippen molar-refractivity contribution in [2.75, 3.05) is 54.4 Å². The molecular formula is C18H32N4O4. The normalized spacial score (nSPS) is 10.7. The zero-order chi connectivity index (χ0) is 19.9. The van der Waals surface area contributed by atoms with Crippen molar-refractivity contribution < 1.29 is 19.8 Å². The molecule has 0 spiro atoms. The average molecular weight is 368 g/mol. The number of carboxylic acids is 2. The molecule has 1 aromatic heterocycles. The van der Waals surface area contributed by atoms with Crippen molar-refractivity contribution in [3.63, 3.8) is 0 Å². The number of aromatic nitrogens is 1. The molecule has 0 radical (unpaired) electrons. The molecule has 0 saturated heterocycles. The van der Waals surface area contributed by atoms with Gasteiger partial charge in [-0.25, -0.2) is 9.59 Å². The van der Waals surface area contributed by atoms with E-state index in [1.165, 1.54) is 18.4 Å². The largest absolute Gasteiger partial charge is 0.473 e. The summed E-state index contributed by atoms with van der Waals surface area (Å²) >= 11 is 0. The molecular weight excluding hydrogens is 336 g/mol. The molecule has 8 nitrogen and oxygen atoms in total. The SMILES string of the molecule is CN(C)CCCN(CCCN(C)C)Cc1cccnc1.O=C(O)C(=O)O. The van der Waals surface area contributed by atoms with Crippen LogP contribution >= 0.6 is 0 Å². The molecule has 0 aliphatic carbocycles. The molecule has 2 N–H and O–H groups in total. The fourth-order valence-corrected chi connectivity index (χ4v) is 2.24. The second kappa shape index (κ2) is 14.2. The van der Waals surface area contributed by atoms with E-state index in [9.17, 15) is 0 Å². The third kappa shape index (κ3) is 14.3. The fourth-order valence-electron chi connectivity index (χ4n) is 2.24. The van der Waals surface area contributed by atoms with E-state index in [1.807, 2.05) is 18.5 Å². The molecule has 148 valence electrons. The van der Waals surface area contributed by atoms with E-state index in [-0.39, 0.29) is 0 Å². The van der Waals surface area contributed by atoms with Crippen LogP contribution in [0.3, 0.4) is 0 Å². The zero-order valence-electron chi connectivity index (χ0n) is 16.3. The van der Waals surface area contributed by atoms with Crippen LogP contribution in [0, 0.1) is 0 Å². The topological polar surface area (TPSA) is 97.2 Å². The van der Waals surface area contributed by atoms with Crippen LogP contribution in [0.1, 0.15) is 18.4 Å². The van der Waals surface area contributed by atoms with Crippen molar-refractivity contribution in [1.82, 2.24) is 19.7 Å². The zero-order valence-corrected chi connectivity index (χ0v) is 16.3. The monoisotopic (exact) mass is 368 g/mol. The molecule has 0 aliphatic heterocycles.